The molecule has 2 atom stereocenters. The van der Waals surface area contributed by atoms with E-state index in [1.807, 2.05) is 20.8 Å². The van der Waals surface area contributed by atoms with Crippen molar-refractivity contribution in [2.75, 3.05) is 19.8 Å². The fraction of sp³-hybridized carbons (Fsp3) is 0.900. The Labute approximate surface area is 89.8 Å². The third-order valence-electron chi connectivity index (χ3n) is 1.98. The summed E-state index contributed by atoms with van der Waals surface area (Å²) in [6.07, 6.45) is -0.535. The molecule has 1 heterocycles. The molecule has 0 aliphatic carbocycles. The summed E-state index contributed by atoms with van der Waals surface area (Å²) in [5.41, 5.74) is -0.469. The van der Waals surface area contributed by atoms with Gasteiger partial charge in [0.2, 0.25) is 0 Å². The number of ether oxygens (including phenoxy) is 2. The average Bonchev–Trinajstić information content (AvgIpc) is 2.44. The summed E-state index contributed by atoms with van der Waals surface area (Å²) in [4.78, 5) is 11.3. The molecule has 5 heteroatoms. The van der Waals surface area contributed by atoms with Crippen molar-refractivity contribution in [2.24, 2.45) is 0 Å². The number of nitrogens with one attached hydrogen (secondary N) is 1. The minimum absolute atomic E-state index is 0.0996. The van der Waals surface area contributed by atoms with Gasteiger partial charge in [-0.2, -0.15) is 0 Å². The van der Waals surface area contributed by atoms with Crippen LogP contribution < -0.4 is 5.32 Å². The van der Waals surface area contributed by atoms with E-state index in [1.54, 1.807) is 0 Å². The summed E-state index contributed by atoms with van der Waals surface area (Å²) in [6, 6.07) is -0.169. The lowest BCUT2D eigenvalue weighted by atomic mass is 10.2. The van der Waals surface area contributed by atoms with Gasteiger partial charge in [-0.3, -0.25) is 10.1 Å². The van der Waals surface area contributed by atoms with Crippen molar-refractivity contribution in [2.45, 2.75) is 38.5 Å². The van der Waals surface area contributed by atoms with Crippen LogP contribution in [-0.2, 0) is 14.3 Å². The lowest BCUT2D eigenvalue weighted by molar-refractivity contribution is -0.153. The first-order chi connectivity index (χ1) is 6.88. The first-order valence-electron chi connectivity index (χ1n) is 5.09. The summed E-state index contributed by atoms with van der Waals surface area (Å²) in [7, 11) is 0. The van der Waals surface area contributed by atoms with Crippen LogP contribution in [0.3, 0.4) is 0 Å². The van der Waals surface area contributed by atoms with E-state index in [0.29, 0.717) is 13.2 Å². The molecule has 2 N–H and O–H groups in total. The van der Waals surface area contributed by atoms with E-state index in [-0.39, 0.29) is 18.6 Å². The predicted molar refractivity (Wildman–Crippen MR) is 54.5 cm³/mol. The zero-order valence-corrected chi connectivity index (χ0v) is 9.45. The van der Waals surface area contributed by atoms with Gasteiger partial charge in [-0.05, 0) is 20.8 Å². The highest BCUT2D eigenvalue weighted by atomic mass is 16.6. The molecule has 0 bridgehead atoms. The van der Waals surface area contributed by atoms with Gasteiger partial charge in [0.05, 0.1) is 31.9 Å². The van der Waals surface area contributed by atoms with E-state index in [1.165, 1.54) is 0 Å². The fourth-order valence-corrected chi connectivity index (χ4v) is 1.33. The van der Waals surface area contributed by atoms with Crippen LogP contribution in [-0.4, -0.2) is 48.6 Å². The maximum Gasteiger partial charge on any atom is 0.320 e. The SMILES string of the molecule is CC(C)(C)OC(=O)CNC1COCC1O. The zero-order chi connectivity index (χ0) is 11.5. The largest absolute Gasteiger partial charge is 0.459 e. The highest BCUT2D eigenvalue weighted by Gasteiger charge is 2.26. The Kier molecular flexibility index (Phi) is 4.07. The number of esters is 1. The van der Waals surface area contributed by atoms with Gasteiger partial charge >= 0.3 is 5.97 Å². The molecule has 2 unspecified atom stereocenters. The molecule has 0 aromatic heterocycles. The molecule has 0 saturated carbocycles. The lowest BCUT2D eigenvalue weighted by Crippen LogP contribution is -2.43. The van der Waals surface area contributed by atoms with Crippen molar-refractivity contribution >= 4 is 5.97 Å². The van der Waals surface area contributed by atoms with Crippen LogP contribution in [0.5, 0.6) is 0 Å². The van der Waals surface area contributed by atoms with Crippen molar-refractivity contribution in [1.29, 1.82) is 0 Å². The summed E-state index contributed by atoms with van der Waals surface area (Å²) in [5.74, 6) is -0.318. The molecule has 0 spiro atoms. The minimum atomic E-state index is -0.535. The van der Waals surface area contributed by atoms with Gasteiger partial charge < -0.3 is 14.6 Å². The Hall–Kier alpha value is -0.650. The number of hydrogen-bond donors (Lipinski definition) is 2. The quantitative estimate of drug-likeness (QED) is 0.634. The summed E-state index contributed by atoms with van der Waals surface area (Å²) >= 11 is 0. The molecule has 88 valence electrons. The highest BCUT2D eigenvalue weighted by Crippen LogP contribution is 2.07. The Balaban J connectivity index is 2.22. The standard InChI is InChI=1S/C10H19NO4/c1-10(2,3)15-9(13)4-11-7-5-14-6-8(7)12/h7-8,11-12H,4-6H2,1-3H3. The molecular formula is C10H19NO4. The molecule has 0 radical (unpaired) electrons. The predicted octanol–water partition coefficient (Wildman–Crippen LogP) is -0.323. The molecule has 1 aliphatic rings. The van der Waals surface area contributed by atoms with Crippen molar-refractivity contribution in [3.05, 3.63) is 0 Å². The van der Waals surface area contributed by atoms with Crippen LogP contribution >= 0.6 is 0 Å². The van der Waals surface area contributed by atoms with Gasteiger partial charge in [0, 0.05) is 0 Å². The molecule has 1 aliphatic heterocycles. The van der Waals surface area contributed by atoms with E-state index >= 15 is 0 Å². The highest BCUT2D eigenvalue weighted by molar-refractivity contribution is 5.72. The molecule has 1 fully saturated rings. The Morgan fingerprint density at radius 2 is 2.20 bits per heavy atom. The third kappa shape index (κ3) is 4.59. The van der Waals surface area contributed by atoms with Crippen LogP contribution in [0, 0.1) is 0 Å². The fourth-order valence-electron chi connectivity index (χ4n) is 1.33. The van der Waals surface area contributed by atoms with Crippen LogP contribution in [0.4, 0.5) is 0 Å². The smallest absolute Gasteiger partial charge is 0.320 e. The van der Waals surface area contributed by atoms with Gasteiger partial charge in [0.25, 0.3) is 0 Å². The molecule has 0 aromatic rings. The van der Waals surface area contributed by atoms with Gasteiger partial charge in [0.15, 0.2) is 0 Å². The number of aliphatic hydroxyl groups is 1. The second-order valence-corrected chi connectivity index (χ2v) is 4.68. The van der Waals surface area contributed by atoms with E-state index in [0.717, 1.165) is 0 Å². The summed E-state index contributed by atoms with van der Waals surface area (Å²) in [5, 5.41) is 12.3. The number of hydrogen-bond acceptors (Lipinski definition) is 5. The third-order valence-corrected chi connectivity index (χ3v) is 1.98. The van der Waals surface area contributed by atoms with Crippen LogP contribution in [0.2, 0.25) is 0 Å². The molecule has 0 amide bonds. The van der Waals surface area contributed by atoms with E-state index in [2.05, 4.69) is 5.32 Å². The van der Waals surface area contributed by atoms with Crippen LogP contribution in [0.1, 0.15) is 20.8 Å². The number of carbonyl (C=O) groups excluding carboxylic acids is 1. The van der Waals surface area contributed by atoms with Crippen molar-refractivity contribution in [1.82, 2.24) is 5.32 Å². The van der Waals surface area contributed by atoms with E-state index in [4.69, 9.17) is 9.47 Å². The topological polar surface area (TPSA) is 67.8 Å². The first-order valence-corrected chi connectivity index (χ1v) is 5.09. The molecule has 1 saturated heterocycles. The summed E-state index contributed by atoms with van der Waals surface area (Å²) in [6.45, 7) is 6.31. The minimum Gasteiger partial charge on any atom is -0.459 e. The number of carbonyl (C=O) groups is 1. The average molecular weight is 217 g/mol. The summed E-state index contributed by atoms with van der Waals surface area (Å²) < 4.78 is 10.1. The monoisotopic (exact) mass is 217 g/mol. The van der Waals surface area contributed by atoms with Gasteiger partial charge in [-0.15, -0.1) is 0 Å². The lowest BCUT2D eigenvalue weighted by Gasteiger charge is -2.21. The van der Waals surface area contributed by atoms with Crippen molar-refractivity contribution in [3.63, 3.8) is 0 Å². The van der Waals surface area contributed by atoms with Crippen LogP contribution in [0.15, 0.2) is 0 Å². The molecule has 1 rings (SSSR count). The number of rotatable bonds is 3. The Bertz CT molecular complexity index is 224. The van der Waals surface area contributed by atoms with E-state index in [9.17, 15) is 9.90 Å². The number of aliphatic hydroxyl groups excluding tert-OH is 1. The molecule has 15 heavy (non-hydrogen) atoms. The van der Waals surface area contributed by atoms with Crippen molar-refractivity contribution in [3.8, 4) is 0 Å². The zero-order valence-electron chi connectivity index (χ0n) is 9.45. The Morgan fingerprint density at radius 1 is 1.53 bits per heavy atom. The first kappa shape index (κ1) is 12.4. The maximum atomic E-state index is 11.3. The van der Waals surface area contributed by atoms with Gasteiger partial charge in [0.1, 0.15) is 5.60 Å². The van der Waals surface area contributed by atoms with Crippen molar-refractivity contribution < 1.29 is 19.4 Å². The molecular weight excluding hydrogens is 198 g/mol. The normalized spacial score (nSPS) is 26.7. The second kappa shape index (κ2) is 4.92. The van der Waals surface area contributed by atoms with Gasteiger partial charge in [-0.1, -0.05) is 0 Å². The van der Waals surface area contributed by atoms with Gasteiger partial charge in [-0.25, -0.2) is 0 Å². The molecule has 0 aromatic carbocycles. The maximum absolute atomic E-state index is 11.3. The molecule has 5 nitrogen and oxygen atoms in total. The Morgan fingerprint density at radius 3 is 2.67 bits per heavy atom. The van der Waals surface area contributed by atoms with Crippen LogP contribution in [0.25, 0.3) is 0 Å². The van der Waals surface area contributed by atoms with E-state index < -0.39 is 11.7 Å². The second-order valence-electron chi connectivity index (χ2n) is 4.68.